The molecule has 2 rings (SSSR count). The Morgan fingerprint density at radius 1 is 1.28 bits per heavy atom. The van der Waals surface area contributed by atoms with Crippen LogP contribution in [0.3, 0.4) is 0 Å². The van der Waals surface area contributed by atoms with Gasteiger partial charge in [-0.1, -0.05) is 30.3 Å². The number of carbonyl (C=O) groups excluding carboxylic acids is 2. The summed E-state index contributed by atoms with van der Waals surface area (Å²) in [6, 6.07) is 9.42. The van der Waals surface area contributed by atoms with Crippen molar-refractivity contribution in [3.05, 3.63) is 35.9 Å². The van der Waals surface area contributed by atoms with E-state index in [1.165, 1.54) is 12.0 Å². The molecule has 1 aliphatic rings. The number of amides is 2. The predicted molar refractivity (Wildman–Crippen MR) is 105 cm³/mol. The van der Waals surface area contributed by atoms with Crippen LogP contribution in [0.25, 0.3) is 0 Å². The van der Waals surface area contributed by atoms with E-state index >= 15 is 0 Å². The molecule has 3 unspecified atom stereocenters. The van der Waals surface area contributed by atoms with Gasteiger partial charge in [0, 0.05) is 13.5 Å². The lowest BCUT2D eigenvalue weighted by Gasteiger charge is -2.31. The fourth-order valence-electron chi connectivity index (χ4n) is 3.48. The summed E-state index contributed by atoms with van der Waals surface area (Å²) in [6.45, 7) is 5.48. The molecular formula is C21H31NO7. The van der Waals surface area contributed by atoms with Crippen molar-refractivity contribution in [2.75, 3.05) is 20.8 Å². The number of ether oxygens (including phenoxy) is 3. The standard InChI is InChI=1S/C21H31NO7/c1-15(28-21(2,3)29-26-5)18(25-4)11-12-19(23)22-17(14-27-20(22)24)13-16-9-7-6-8-10-16/h6-10,15,17-18H,11-14H2,1-5H3. The summed E-state index contributed by atoms with van der Waals surface area (Å²) in [5.74, 6) is -1.25. The normalized spacial score (nSPS) is 19.1. The van der Waals surface area contributed by atoms with E-state index in [0.29, 0.717) is 12.8 Å². The fraction of sp³-hybridized carbons (Fsp3) is 0.619. The van der Waals surface area contributed by atoms with Crippen LogP contribution in [0.15, 0.2) is 30.3 Å². The van der Waals surface area contributed by atoms with Crippen molar-refractivity contribution in [2.24, 2.45) is 0 Å². The summed E-state index contributed by atoms with van der Waals surface area (Å²) in [4.78, 5) is 35.9. The van der Waals surface area contributed by atoms with Crippen molar-refractivity contribution in [3.63, 3.8) is 0 Å². The first-order valence-corrected chi connectivity index (χ1v) is 9.72. The van der Waals surface area contributed by atoms with Gasteiger partial charge >= 0.3 is 6.09 Å². The number of nitrogens with zero attached hydrogens (tertiary/aromatic N) is 1. The van der Waals surface area contributed by atoms with Crippen LogP contribution in [0.2, 0.25) is 0 Å². The van der Waals surface area contributed by atoms with Gasteiger partial charge in [-0.05, 0) is 39.2 Å². The molecule has 1 aliphatic heterocycles. The van der Waals surface area contributed by atoms with E-state index < -0.39 is 11.9 Å². The minimum Gasteiger partial charge on any atom is -0.447 e. The van der Waals surface area contributed by atoms with Gasteiger partial charge in [0.1, 0.15) is 6.61 Å². The average Bonchev–Trinajstić information content (AvgIpc) is 3.02. The number of rotatable bonds is 11. The van der Waals surface area contributed by atoms with Gasteiger partial charge in [-0.15, -0.1) is 0 Å². The van der Waals surface area contributed by atoms with E-state index in [0.717, 1.165) is 5.56 Å². The summed E-state index contributed by atoms with van der Waals surface area (Å²) in [5, 5.41) is 0. The van der Waals surface area contributed by atoms with Crippen LogP contribution in [0.1, 0.15) is 39.2 Å². The zero-order valence-corrected chi connectivity index (χ0v) is 17.8. The number of cyclic esters (lactones) is 1. The van der Waals surface area contributed by atoms with E-state index in [1.54, 1.807) is 21.0 Å². The van der Waals surface area contributed by atoms with Gasteiger partial charge < -0.3 is 14.2 Å². The summed E-state index contributed by atoms with van der Waals surface area (Å²) in [6.07, 6.45) is -0.217. The Kier molecular flexibility index (Phi) is 8.58. The van der Waals surface area contributed by atoms with Crippen LogP contribution in [0.4, 0.5) is 4.79 Å². The molecule has 2 amide bonds. The third kappa shape index (κ3) is 6.78. The van der Waals surface area contributed by atoms with E-state index in [9.17, 15) is 9.59 Å². The number of hydrogen-bond acceptors (Lipinski definition) is 7. The summed E-state index contributed by atoms with van der Waals surface area (Å²) >= 11 is 0. The Balaban J connectivity index is 1.93. The fourth-order valence-corrected chi connectivity index (χ4v) is 3.48. The van der Waals surface area contributed by atoms with Crippen molar-refractivity contribution in [1.29, 1.82) is 0 Å². The van der Waals surface area contributed by atoms with Crippen LogP contribution in [0.5, 0.6) is 0 Å². The van der Waals surface area contributed by atoms with Crippen LogP contribution in [0, 0.1) is 0 Å². The smallest absolute Gasteiger partial charge is 0.416 e. The zero-order valence-electron chi connectivity index (χ0n) is 17.8. The highest BCUT2D eigenvalue weighted by atomic mass is 17.2. The van der Waals surface area contributed by atoms with Crippen LogP contribution < -0.4 is 0 Å². The molecule has 3 atom stereocenters. The molecule has 0 N–H and O–H groups in total. The highest BCUT2D eigenvalue weighted by Gasteiger charge is 2.38. The molecule has 162 valence electrons. The maximum atomic E-state index is 12.8. The molecule has 1 saturated heterocycles. The Bertz CT molecular complexity index is 664. The van der Waals surface area contributed by atoms with Crippen molar-refractivity contribution in [3.8, 4) is 0 Å². The van der Waals surface area contributed by atoms with Gasteiger partial charge in [0.15, 0.2) is 5.79 Å². The van der Waals surface area contributed by atoms with Crippen molar-refractivity contribution >= 4 is 12.0 Å². The average molecular weight is 409 g/mol. The van der Waals surface area contributed by atoms with Crippen LogP contribution >= 0.6 is 0 Å². The van der Waals surface area contributed by atoms with Gasteiger partial charge in [0.05, 0.1) is 25.4 Å². The topological polar surface area (TPSA) is 83.5 Å². The first kappa shape index (κ1) is 23.3. The van der Waals surface area contributed by atoms with E-state index in [4.69, 9.17) is 19.1 Å². The van der Waals surface area contributed by atoms with E-state index in [1.807, 2.05) is 37.3 Å². The molecule has 8 nitrogen and oxygen atoms in total. The third-order valence-electron chi connectivity index (χ3n) is 4.77. The Morgan fingerprint density at radius 2 is 1.97 bits per heavy atom. The highest BCUT2D eigenvalue weighted by Crippen LogP contribution is 2.22. The first-order valence-electron chi connectivity index (χ1n) is 9.72. The van der Waals surface area contributed by atoms with Gasteiger partial charge in [-0.3, -0.25) is 4.79 Å². The molecule has 0 bridgehead atoms. The lowest BCUT2D eigenvalue weighted by Crippen LogP contribution is -2.42. The van der Waals surface area contributed by atoms with Gasteiger partial charge in [-0.2, -0.15) is 0 Å². The Labute approximate surface area is 171 Å². The SMILES string of the molecule is COOC(C)(C)OC(C)C(CCC(=O)N1C(=O)OCC1Cc1ccccc1)OC. The lowest BCUT2D eigenvalue weighted by molar-refractivity contribution is -0.415. The maximum Gasteiger partial charge on any atom is 0.416 e. The second kappa shape index (κ2) is 10.7. The number of methoxy groups -OCH3 is 1. The minimum absolute atomic E-state index is 0.137. The third-order valence-corrected chi connectivity index (χ3v) is 4.77. The molecular weight excluding hydrogens is 378 g/mol. The van der Waals surface area contributed by atoms with Gasteiger partial charge in [0.2, 0.25) is 5.91 Å². The minimum atomic E-state index is -0.964. The monoisotopic (exact) mass is 409 g/mol. The number of benzene rings is 1. The summed E-state index contributed by atoms with van der Waals surface area (Å²) in [7, 11) is 2.96. The van der Waals surface area contributed by atoms with E-state index in [-0.39, 0.29) is 37.2 Å². The molecule has 29 heavy (non-hydrogen) atoms. The maximum absolute atomic E-state index is 12.8. The molecule has 8 heteroatoms. The molecule has 1 fully saturated rings. The lowest BCUT2D eigenvalue weighted by atomic mass is 10.0. The molecule has 1 aromatic carbocycles. The van der Waals surface area contributed by atoms with E-state index in [2.05, 4.69) is 4.89 Å². The number of hydrogen-bond donors (Lipinski definition) is 0. The molecule has 0 saturated carbocycles. The molecule has 1 aromatic rings. The van der Waals surface area contributed by atoms with Gasteiger partial charge in [0.25, 0.3) is 0 Å². The highest BCUT2D eigenvalue weighted by molar-refractivity contribution is 5.93. The van der Waals surface area contributed by atoms with Gasteiger partial charge in [-0.25, -0.2) is 19.5 Å². The second-order valence-electron chi connectivity index (χ2n) is 7.47. The predicted octanol–water partition coefficient (Wildman–Crippen LogP) is 3.09. The Morgan fingerprint density at radius 3 is 2.59 bits per heavy atom. The quantitative estimate of drug-likeness (QED) is 0.315. The summed E-state index contributed by atoms with van der Waals surface area (Å²) in [5.41, 5.74) is 1.05. The number of carbonyl (C=O) groups is 2. The number of imide groups is 1. The zero-order chi connectivity index (χ0) is 21.4. The van der Waals surface area contributed by atoms with Crippen LogP contribution in [-0.2, 0) is 35.2 Å². The van der Waals surface area contributed by atoms with Crippen molar-refractivity contribution in [2.45, 2.75) is 64.1 Å². The molecule has 0 spiro atoms. The first-order chi connectivity index (χ1) is 13.8. The van der Waals surface area contributed by atoms with Crippen molar-refractivity contribution < 1.29 is 33.6 Å². The molecule has 1 heterocycles. The molecule has 0 aliphatic carbocycles. The molecule has 0 radical (unpaired) electrons. The molecule has 0 aromatic heterocycles. The van der Waals surface area contributed by atoms with Crippen LogP contribution in [-0.4, -0.2) is 61.8 Å². The van der Waals surface area contributed by atoms with Crippen molar-refractivity contribution in [1.82, 2.24) is 4.90 Å². The summed E-state index contributed by atoms with van der Waals surface area (Å²) < 4.78 is 16.4. The second-order valence-corrected chi connectivity index (χ2v) is 7.47. The Hall–Kier alpha value is -2.00. The largest absolute Gasteiger partial charge is 0.447 e.